The van der Waals surface area contributed by atoms with Crippen LogP contribution in [0.5, 0.6) is 0 Å². The summed E-state index contributed by atoms with van der Waals surface area (Å²) in [5, 5.41) is 4.44. The molecule has 1 aromatic heterocycles. The zero-order valence-corrected chi connectivity index (χ0v) is 12.4. The third-order valence-electron chi connectivity index (χ3n) is 3.05. The molecule has 2 aromatic rings. The Kier molecular flexibility index (Phi) is 5.20. The second-order valence-electron chi connectivity index (χ2n) is 4.74. The lowest BCUT2D eigenvalue weighted by atomic mass is 10.0. The predicted molar refractivity (Wildman–Crippen MR) is 77.9 cm³/mol. The van der Waals surface area contributed by atoms with E-state index in [1.54, 1.807) is 17.4 Å². The van der Waals surface area contributed by atoms with Gasteiger partial charge >= 0.3 is 0 Å². The minimum atomic E-state index is -0.805. The zero-order chi connectivity index (χ0) is 14.5. The number of thiazole rings is 1. The number of nitrogens with zero attached hydrogens (tertiary/aromatic N) is 1. The molecule has 5 heteroatoms. The Hall–Kier alpha value is -1.33. The Labute approximate surface area is 121 Å². The molecule has 1 atom stereocenters. The molecule has 1 N–H and O–H groups in total. The van der Waals surface area contributed by atoms with Crippen molar-refractivity contribution in [3.8, 4) is 0 Å². The van der Waals surface area contributed by atoms with Crippen molar-refractivity contribution in [2.45, 2.75) is 32.7 Å². The average molecular weight is 296 g/mol. The third-order valence-corrected chi connectivity index (χ3v) is 4.07. The number of hydrogen-bond acceptors (Lipinski definition) is 3. The Morgan fingerprint density at radius 2 is 2.10 bits per heavy atom. The third kappa shape index (κ3) is 3.84. The minimum absolute atomic E-state index is 0.0889. The predicted octanol–water partition coefficient (Wildman–Crippen LogP) is 4.01. The van der Waals surface area contributed by atoms with Crippen LogP contribution >= 0.6 is 11.3 Å². The smallest absolute Gasteiger partial charge is 0.159 e. The van der Waals surface area contributed by atoms with Gasteiger partial charge in [0, 0.05) is 17.1 Å². The first-order valence-corrected chi connectivity index (χ1v) is 7.51. The molecule has 0 aliphatic rings. The van der Waals surface area contributed by atoms with E-state index in [-0.39, 0.29) is 6.04 Å². The van der Waals surface area contributed by atoms with E-state index in [0.29, 0.717) is 6.42 Å². The van der Waals surface area contributed by atoms with E-state index in [1.807, 2.05) is 13.1 Å². The van der Waals surface area contributed by atoms with Crippen molar-refractivity contribution in [2.24, 2.45) is 0 Å². The Balaban J connectivity index is 2.16. The molecule has 0 radical (unpaired) electrons. The van der Waals surface area contributed by atoms with Gasteiger partial charge in [-0.1, -0.05) is 13.0 Å². The van der Waals surface area contributed by atoms with E-state index in [1.165, 1.54) is 12.1 Å². The standard InChI is InChI=1S/C15H18F2N2S/c1-3-6-18-14(15-9-19-10(2)20-15)8-11-4-5-12(16)13(17)7-11/h4-5,7,9,14,18H,3,6,8H2,1-2H3. The summed E-state index contributed by atoms with van der Waals surface area (Å²) in [4.78, 5) is 5.39. The number of nitrogens with one attached hydrogen (secondary N) is 1. The first-order chi connectivity index (χ1) is 9.60. The summed E-state index contributed by atoms with van der Waals surface area (Å²) in [6, 6.07) is 4.17. The van der Waals surface area contributed by atoms with Crippen LogP contribution in [-0.4, -0.2) is 11.5 Å². The van der Waals surface area contributed by atoms with Gasteiger partial charge in [-0.25, -0.2) is 13.8 Å². The topological polar surface area (TPSA) is 24.9 Å². The molecule has 108 valence electrons. The van der Waals surface area contributed by atoms with Crippen molar-refractivity contribution >= 4 is 11.3 Å². The molecule has 0 fully saturated rings. The largest absolute Gasteiger partial charge is 0.309 e. The molecule has 1 aromatic carbocycles. The molecule has 0 amide bonds. The van der Waals surface area contributed by atoms with Gasteiger partial charge in [0.2, 0.25) is 0 Å². The number of aromatic nitrogens is 1. The van der Waals surface area contributed by atoms with Crippen molar-refractivity contribution in [3.05, 3.63) is 51.5 Å². The molecule has 0 spiro atoms. The summed E-state index contributed by atoms with van der Waals surface area (Å²) in [5.74, 6) is -1.60. The lowest BCUT2D eigenvalue weighted by molar-refractivity contribution is 0.501. The molecule has 20 heavy (non-hydrogen) atoms. The number of benzene rings is 1. The van der Waals surface area contributed by atoms with Crippen LogP contribution in [0.3, 0.4) is 0 Å². The zero-order valence-electron chi connectivity index (χ0n) is 11.6. The van der Waals surface area contributed by atoms with Crippen LogP contribution in [0.4, 0.5) is 8.78 Å². The maximum atomic E-state index is 13.3. The summed E-state index contributed by atoms with van der Waals surface area (Å²) in [6.45, 7) is 4.94. The van der Waals surface area contributed by atoms with E-state index < -0.39 is 11.6 Å². The van der Waals surface area contributed by atoms with Gasteiger partial charge in [-0.3, -0.25) is 0 Å². The molecule has 2 nitrogen and oxygen atoms in total. The van der Waals surface area contributed by atoms with Crippen molar-refractivity contribution in [1.29, 1.82) is 0 Å². The molecule has 0 aliphatic heterocycles. The van der Waals surface area contributed by atoms with Gasteiger partial charge in [0.15, 0.2) is 11.6 Å². The highest BCUT2D eigenvalue weighted by Crippen LogP contribution is 2.24. The van der Waals surface area contributed by atoms with Crippen molar-refractivity contribution in [3.63, 3.8) is 0 Å². The van der Waals surface area contributed by atoms with Crippen LogP contribution in [0.2, 0.25) is 0 Å². The van der Waals surface area contributed by atoms with Gasteiger partial charge in [-0.2, -0.15) is 0 Å². The van der Waals surface area contributed by atoms with Crippen molar-refractivity contribution in [2.75, 3.05) is 6.54 Å². The highest BCUT2D eigenvalue weighted by atomic mass is 32.1. The monoisotopic (exact) mass is 296 g/mol. The van der Waals surface area contributed by atoms with E-state index in [2.05, 4.69) is 17.2 Å². The van der Waals surface area contributed by atoms with Gasteiger partial charge in [-0.05, 0) is 44.0 Å². The van der Waals surface area contributed by atoms with Gasteiger partial charge < -0.3 is 5.32 Å². The van der Waals surface area contributed by atoms with E-state index in [4.69, 9.17) is 0 Å². The molecule has 2 rings (SSSR count). The normalized spacial score (nSPS) is 12.6. The van der Waals surface area contributed by atoms with Crippen molar-refractivity contribution < 1.29 is 8.78 Å². The summed E-state index contributed by atoms with van der Waals surface area (Å²) < 4.78 is 26.2. The molecule has 0 aliphatic carbocycles. The van der Waals surface area contributed by atoms with Crippen LogP contribution < -0.4 is 5.32 Å². The van der Waals surface area contributed by atoms with Crippen LogP contribution in [0.1, 0.15) is 34.8 Å². The summed E-state index contributed by atoms with van der Waals surface area (Å²) in [7, 11) is 0. The van der Waals surface area contributed by atoms with E-state index >= 15 is 0 Å². The number of halogens is 2. The molecule has 0 saturated carbocycles. The van der Waals surface area contributed by atoms with Crippen LogP contribution in [0.25, 0.3) is 0 Å². The van der Waals surface area contributed by atoms with Gasteiger partial charge in [0.05, 0.1) is 5.01 Å². The fraction of sp³-hybridized carbons (Fsp3) is 0.400. The fourth-order valence-corrected chi connectivity index (χ4v) is 2.89. The Bertz CT molecular complexity index is 569. The van der Waals surface area contributed by atoms with Crippen molar-refractivity contribution in [1.82, 2.24) is 10.3 Å². The molecule has 0 bridgehead atoms. The highest BCUT2D eigenvalue weighted by molar-refractivity contribution is 7.11. The van der Waals surface area contributed by atoms with Crippen LogP contribution in [0.15, 0.2) is 24.4 Å². The highest BCUT2D eigenvalue weighted by Gasteiger charge is 2.15. The summed E-state index contributed by atoms with van der Waals surface area (Å²) >= 11 is 1.63. The maximum Gasteiger partial charge on any atom is 0.159 e. The van der Waals surface area contributed by atoms with Crippen LogP contribution in [-0.2, 0) is 6.42 Å². The molecule has 1 heterocycles. The lowest BCUT2D eigenvalue weighted by Gasteiger charge is -2.17. The molecule has 1 unspecified atom stereocenters. The quantitative estimate of drug-likeness (QED) is 0.871. The number of aryl methyl sites for hydroxylation is 1. The van der Waals surface area contributed by atoms with Gasteiger partial charge in [0.1, 0.15) is 0 Å². The average Bonchev–Trinajstić information content (AvgIpc) is 2.85. The Morgan fingerprint density at radius 3 is 2.70 bits per heavy atom. The second kappa shape index (κ2) is 6.90. The second-order valence-corrected chi connectivity index (χ2v) is 6.01. The summed E-state index contributed by atoms with van der Waals surface area (Å²) in [6.07, 6.45) is 3.50. The van der Waals surface area contributed by atoms with E-state index in [9.17, 15) is 8.78 Å². The van der Waals surface area contributed by atoms with Gasteiger partial charge in [-0.15, -0.1) is 11.3 Å². The molecular formula is C15H18F2N2S. The maximum absolute atomic E-state index is 13.3. The Morgan fingerprint density at radius 1 is 1.30 bits per heavy atom. The number of rotatable bonds is 6. The fourth-order valence-electron chi connectivity index (χ4n) is 2.03. The first kappa shape index (κ1) is 15.1. The lowest BCUT2D eigenvalue weighted by Crippen LogP contribution is -2.23. The van der Waals surface area contributed by atoms with E-state index in [0.717, 1.165) is 28.4 Å². The minimum Gasteiger partial charge on any atom is -0.309 e. The molecular weight excluding hydrogens is 278 g/mol. The van der Waals surface area contributed by atoms with Gasteiger partial charge in [0.25, 0.3) is 0 Å². The van der Waals surface area contributed by atoms with Crippen LogP contribution in [0, 0.1) is 18.6 Å². The molecule has 0 saturated heterocycles. The SMILES string of the molecule is CCCNC(Cc1ccc(F)c(F)c1)c1cnc(C)s1. The summed E-state index contributed by atoms with van der Waals surface area (Å²) in [5.41, 5.74) is 0.781. The first-order valence-electron chi connectivity index (χ1n) is 6.69. The number of hydrogen-bond donors (Lipinski definition) is 1.